The second-order valence-corrected chi connectivity index (χ2v) is 30.1. The Morgan fingerprint density at radius 3 is 1.39 bits per heavy atom. The molecule has 0 saturated carbocycles. The van der Waals surface area contributed by atoms with Gasteiger partial charge in [-0.1, -0.05) is 237 Å². The standard InChI is InChI=1S/C98H52N8OS/c1-2-18-53(19-3-1)55-34-38-58(39-35-55)91-87-68-45-42-61(50-81(68)107-95(87)101-97(99-91)105-77-46-43-56-21-6-7-23-63(56)83(77)89-79(105)51-71-64-24-8-13-29-73(64)103-75-31-15-10-26-66(75)85(89)93(71)103)60-40-37-57-44-47-78-84(70(57)49-60)90-80(52-72-65-25-9-14-30-74(65)104-76-32-16-11-27-67(76)86(90)94(72)104)106(78)98-100-92(62-41-36-54-20-4-5-22-59(54)48-62)88-69-28-12-17-33-82(69)108-96(88)102-98/h1-52H. The number of fused-ring (bicyclic) bond motifs is 31. The lowest BCUT2D eigenvalue weighted by molar-refractivity contribution is 0.651. The van der Waals surface area contributed by atoms with Gasteiger partial charge in [-0.05, 0) is 133 Å². The molecule has 10 aromatic heterocycles. The number of benzene rings is 16. The molecule has 496 valence electrons. The number of rotatable bonds is 6. The van der Waals surface area contributed by atoms with Gasteiger partial charge in [-0.3, -0.25) is 9.13 Å². The van der Waals surface area contributed by atoms with Gasteiger partial charge >= 0.3 is 0 Å². The summed E-state index contributed by atoms with van der Waals surface area (Å²) in [6.45, 7) is 0. The maximum absolute atomic E-state index is 7.35. The molecule has 0 spiro atoms. The molecule has 0 aliphatic carbocycles. The summed E-state index contributed by atoms with van der Waals surface area (Å²) in [6.07, 6.45) is 0. The van der Waals surface area contributed by atoms with E-state index in [1.807, 2.05) is 0 Å². The minimum atomic E-state index is 0.507. The van der Waals surface area contributed by atoms with E-state index < -0.39 is 0 Å². The van der Waals surface area contributed by atoms with Crippen LogP contribution in [0.1, 0.15) is 0 Å². The van der Waals surface area contributed by atoms with Crippen LogP contribution in [0.25, 0.3) is 251 Å². The summed E-state index contributed by atoms with van der Waals surface area (Å²) in [7, 11) is 0. The van der Waals surface area contributed by atoms with E-state index in [0.717, 1.165) is 131 Å². The topological polar surface area (TPSA) is 83.4 Å². The van der Waals surface area contributed by atoms with Crippen molar-refractivity contribution in [2.75, 3.05) is 0 Å². The lowest BCUT2D eigenvalue weighted by Crippen LogP contribution is -2.03. The Hall–Kier alpha value is -14.3. The van der Waals surface area contributed by atoms with Crippen LogP contribution in [0.4, 0.5) is 0 Å². The van der Waals surface area contributed by atoms with E-state index in [1.54, 1.807) is 11.3 Å². The third kappa shape index (κ3) is 7.47. The summed E-state index contributed by atoms with van der Waals surface area (Å²) in [5.74, 6) is 1.15. The largest absolute Gasteiger partial charge is 0.437 e. The third-order valence-corrected chi connectivity index (χ3v) is 24.7. The third-order valence-electron chi connectivity index (χ3n) is 23.6. The van der Waals surface area contributed by atoms with Gasteiger partial charge in [0.25, 0.3) is 0 Å². The van der Waals surface area contributed by atoms with Gasteiger partial charge in [0.05, 0.1) is 71.9 Å². The van der Waals surface area contributed by atoms with Crippen LogP contribution >= 0.6 is 11.3 Å². The minimum absolute atomic E-state index is 0.507. The maximum atomic E-state index is 7.35. The number of hydrogen-bond donors (Lipinski definition) is 0. The highest BCUT2D eigenvalue weighted by Gasteiger charge is 2.31. The summed E-state index contributed by atoms with van der Waals surface area (Å²) in [5, 5.41) is 25.2. The zero-order chi connectivity index (χ0) is 69.9. The second-order valence-electron chi connectivity index (χ2n) is 29.1. The first-order valence-electron chi connectivity index (χ1n) is 36.8. The predicted molar refractivity (Wildman–Crippen MR) is 450 cm³/mol. The van der Waals surface area contributed by atoms with Gasteiger partial charge < -0.3 is 13.2 Å². The molecule has 0 aliphatic heterocycles. The zero-order valence-electron chi connectivity index (χ0n) is 57.4. The van der Waals surface area contributed by atoms with Crippen LogP contribution in [-0.2, 0) is 0 Å². The Bertz CT molecular complexity index is 8500. The molecule has 0 amide bonds. The number of nitrogens with zero attached hydrogens (tertiary/aromatic N) is 8. The molecule has 26 aromatic rings. The Labute approximate surface area is 616 Å². The summed E-state index contributed by atoms with van der Waals surface area (Å²) in [5.41, 5.74) is 20.5. The first kappa shape index (κ1) is 57.1. The van der Waals surface area contributed by atoms with Gasteiger partial charge in [0.1, 0.15) is 10.4 Å². The van der Waals surface area contributed by atoms with Crippen molar-refractivity contribution in [3.63, 3.8) is 0 Å². The van der Waals surface area contributed by atoms with E-state index in [4.69, 9.17) is 24.4 Å². The van der Waals surface area contributed by atoms with Crippen molar-refractivity contribution in [3.05, 3.63) is 315 Å². The highest BCUT2D eigenvalue weighted by Crippen LogP contribution is 2.52. The molecule has 108 heavy (non-hydrogen) atoms. The molecular weight excluding hydrogens is 1340 g/mol. The van der Waals surface area contributed by atoms with Gasteiger partial charge in [-0.15, -0.1) is 11.3 Å². The molecule has 0 saturated heterocycles. The summed E-state index contributed by atoms with van der Waals surface area (Å²) in [4.78, 5) is 24.0. The molecule has 10 heterocycles. The van der Waals surface area contributed by atoms with E-state index in [2.05, 4.69) is 333 Å². The highest BCUT2D eigenvalue weighted by atomic mass is 32.1. The number of thiophene rings is 1. The Morgan fingerprint density at radius 2 is 0.713 bits per heavy atom. The van der Waals surface area contributed by atoms with Crippen molar-refractivity contribution in [2.24, 2.45) is 0 Å². The fraction of sp³-hybridized carbons (Fsp3) is 0. The molecule has 9 nitrogen and oxygen atoms in total. The minimum Gasteiger partial charge on any atom is -0.437 e. The Kier molecular flexibility index (Phi) is 11.0. The van der Waals surface area contributed by atoms with Crippen LogP contribution in [-0.4, -0.2) is 37.9 Å². The van der Waals surface area contributed by atoms with Crippen molar-refractivity contribution < 1.29 is 4.42 Å². The molecule has 26 rings (SSSR count). The summed E-state index contributed by atoms with van der Waals surface area (Å²) < 4.78 is 18.2. The van der Waals surface area contributed by atoms with E-state index in [9.17, 15) is 0 Å². The van der Waals surface area contributed by atoms with Crippen molar-refractivity contribution in [1.29, 1.82) is 0 Å². The molecule has 10 heteroatoms. The van der Waals surface area contributed by atoms with Crippen LogP contribution in [0.15, 0.2) is 320 Å². The molecule has 0 N–H and O–H groups in total. The molecule has 0 aliphatic rings. The molecule has 0 bridgehead atoms. The lowest BCUT2D eigenvalue weighted by atomic mass is 9.95. The average Bonchev–Trinajstić information content (AvgIpc) is 1.52. The quantitative estimate of drug-likeness (QED) is 0.166. The van der Waals surface area contributed by atoms with Gasteiger partial charge in [0.2, 0.25) is 17.6 Å². The van der Waals surface area contributed by atoms with Gasteiger partial charge in [-0.2, -0.15) is 4.98 Å². The zero-order valence-corrected chi connectivity index (χ0v) is 58.2. The predicted octanol–water partition coefficient (Wildman–Crippen LogP) is 26.2. The van der Waals surface area contributed by atoms with Gasteiger partial charge in [0.15, 0.2) is 0 Å². The van der Waals surface area contributed by atoms with Crippen molar-refractivity contribution >= 4 is 206 Å². The number of aromatic nitrogens is 8. The first-order valence-corrected chi connectivity index (χ1v) is 37.6. The van der Waals surface area contributed by atoms with Crippen LogP contribution in [0, 0.1) is 0 Å². The fourth-order valence-electron chi connectivity index (χ4n) is 19.1. The van der Waals surface area contributed by atoms with Crippen molar-refractivity contribution in [2.45, 2.75) is 0 Å². The van der Waals surface area contributed by atoms with E-state index in [1.165, 1.54) is 102 Å². The van der Waals surface area contributed by atoms with E-state index >= 15 is 0 Å². The first-order chi connectivity index (χ1) is 53.6. The molecular formula is C98H52N8OS. The van der Waals surface area contributed by atoms with Crippen LogP contribution in [0.3, 0.4) is 0 Å². The molecule has 0 radical (unpaired) electrons. The smallest absolute Gasteiger partial charge is 0.238 e. The number of hydrogen-bond acceptors (Lipinski definition) is 6. The second kappa shape index (κ2) is 20.8. The summed E-state index contributed by atoms with van der Waals surface area (Å²) in [6, 6.07) is 115. The highest BCUT2D eigenvalue weighted by molar-refractivity contribution is 7.25. The molecule has 16 aromatic carbocycles. The number of furan rings is 1. The molecule has 0 fully saturated rings. The van der Waals surface area contributed by atoms with Crippen LogP contribution < -0.4 is 0 Å². The summed E-state index contributed by atoms with van der Waals surface area (Å²) >= 11 is 1.73. The fourth-order valence-corrected chi connectivity index (χ4v) is 20.1. The van der Waals surface area contributed by atoms with Crippen LogP contribution in [0.5, 0.6) is 0 Å². The Balaban J connectivity index is 0.727. The monoisotopic (exact) mass is 1390 g/mol. The molecule has 0 unspecified atom stereocenters. The van der Waals surface area contributed by atoms with E-state index in [0.29, 0.717) is 17.6 Å². The lowest BCUT2D eigenvalue weighted by Gasteiger charge is -2.11. The molecule has 0 atom stereocenters. The number of para-hydroxylation sites is 4. The maximum Gasteiger partial charge on any atom is 0.238 e. The van der Waals surface area contributed by atoms with Crippen molar-refractivity contribution in [1.82, 2.24) is 37.9 Å². The van der Waals surface area contributed by atoms with Gasteiger partial charge in [0, 0.05) is 96.6 Å². The van der Waals surface area contributed by atoms with E-state index in [-0.39, 0.29) is 0 Å². The Morgan fingerprint density at radius 1 is 0.241 bits per heavy atom. The van der Waals surface area contributed by atoms with Gasteiger partial charge in [-0.25, -0.2) is 15.0 Å². The SMILES string of the molecule is c1ccc(-c2ccc(-c3nc(-n4c5ccc6ccccc6c5c5c6c7ccccc7n7c8ccccc8c(cc54)c67)nc4oc5cc(-c6ccc7ccc8c(c7c6)c6c7c9ccccc9n9c%10ccccc%10c(cc6n8-c6nc(-c8ccc%10ccccc%10c8)c8c(n6)sc6ccccc68)c79)ccc5c34)cc2)cc1. The van der Waals surface area contributed by atoms with Crippen LogP contribution in [0.2, 0.25) is 0 Å². The average molecular weight is 1390 g/mol. The normalized spacial score (nSPS) is 12.6. The van der Waals surface area contributed by atoms with Crippen molar-refractivity contribution in [3.8, 4) is 56.7 Å².